The average Bonchev–Trinajstić information content (AvgIpc) is 2.95. The van der Waals surface area contributed by atoms with Crippen LogP contribution in [0.2, 0.25) is 0 Å². The van der Waals surface area contributed by atoms with Crippen LogP contribution in [0.5, 0.6) is 0 Å². The van der Waals surface area contributed by atoms with Crippen molar-refractivity contribution in [3.63, 3.8) is 0 Å². The molecule has 0 bridgehead atoms. The van der Waals surface area contributed by atoms with Crippen molar-refractivity contribution in [2.75, 3.05) is 6.54 Å². The van der Waals surface area contributed by atoms with E-state index >= 15 is 0 Å². The zero-order valence-electron chi connectivity index (χ0n) is 14.4. The highest BCUT2D eigenvalue weighted by Crippen LogP contribution is 2.28. The summed E-state index contributed by atoms with van der Waals surface area (Å²) in [4.78, 5) is 31.1. The van der Waals surface area contributed by atoms with Gasteiger partial charge in [0, 0.05) is 13.0 Å². The van der Waals surface area contributed by atoms with Crippen LogP contribution in [-0.4, -0.2) is 39.5 Å². The highest BCUT2D eigenvalue weighted by atomic mass is 32.1. The van der Waals surface area contributed by atoms with E-state index in [1.807, 2.05) is 44.2 Å². The molecule has 2 aromatic rings. The van der Waals surface area contributed by atoms with Crippen LogP contribution in [0.15, 0.2) is 30.3 Å². The third-order valence-corrected chi connectivity index (χ3v) is 5.79. The summed E-state index contributed by atoms with van der Waals surface area (Å²) in [5, 5.41) is 10.4. The van der Waals surface area contributed by atoms with E-state index in [-0.39, 0.29) is 5.91 Å². The zero-order chi connectivity index (χ0) is 18.0. The maximum Gasteiger partial charge on any atom is 0.326 e. The van der Waals surface area contributed by atoms with Crippen molar-refractivity contribution in [1.82, 2.24) is 9.88 Å². The molecule has 0 spiro atoms. The number of aliphatic carboxylic acids is 1. The lowest BCUT2D eigenvalue weighted by Gasteiger charge is -2.35. The minimum absolute atomic E-state index is 0.200. The second-order valence-electron chi connectivity index (χ2n) is 6.67. The quantitative estimate of drug-likeness (QED) is 0.910. The molecule has 1 aliphatic heterocycles. The van der Waals surface area contributed by atoms with Crippen molar-refractivity contribution in [3.05, 3.63) is 51.5 Å². The maximum absolute atomic E-state index is 12.9. The number of thiazole rings is 1. The van der Waals surface area contributed by atoms with E-state index in [0.29, 0.717) is 35.9 Å². The van der Waals surface area contributed by atoms with E-state index in [1.54, 1.807) is 0 Å². The summed E-state index contributed by atoms with van der Waals surface area (Å²) in [6.07, 6.45) is 2.03. The van der Waals surface area contributed by atoms with Gasteiger partial charge in [0.1, 0.15) is 10.9 Å². The van der Waals surface area contributed by atoms with Crippen molar-refractivity contribution < 1.29 is 14.7 Å². The first kappa shape index (κ1) is 17.6. The van der Waals surface area contributed by atoms with Gasteiger partial charge in [-0.1, -0.05) is 37.3 Å². The van der Waals surface area contributed by atoms with Crippen molar-refractivity contribution in [2.45, 2.75) is 39.2 Å². The molecule has 1 aromatic heterocycles. The molecule has 1 fully saturated rings. The Labute approximate surface area is 151 Å². The molecular formula is C19H22N2O3S. The third-order valence-electron chi connectivity index (χ3n) is 4.64. The fourth-order valence-electron chi connectivity index (χ4n) is 3.25. The van der Waals surface area contributed by atoms with Gasteiger partial charge in [-0.15, -0.1) is 11.3 Å². The van der Waals surface area contributed by atoms with Crippen LogP contribution in [-0.2, 0) is 11.2 Å². The first-order valence-corrected chi connectivity index (χ1v) is 9.31. The molecule has 1 saturated heterocycles. The van der Waals surface area contributed by atoms with E-state index in [4.69, 9.17) is 0 Å². The first-order chi connectivity index (χ1) is 12.0. The second kappa shape index (κ2) is 7.35. The summed E-state index contributed by atoms with van der Waals surface area (Å²) in [6, 6.07) is 9.25. The molecule has 2 heterocycles. The number of carbonyl (C=O) groups is 2. The van der Waals surface area contributed by atoms with Crippen LogP contribution in [0.3, 0.4) is 0 Å². The minimum atomic E-state index is -0.924. The number of aromatic nitrogens is 1. The van der Waals surface area contributed by atoms with Crippen LogP contribution in [0, 0.1) is 12.8 Å². The number of hydrogen-bond acceptors (Lipinski definition) is 4. The van der Waals surface area contributed by atoms with Gasteiger partial charge in [-0.05, 0) is 31.2 Å². The Hall–Kier alpha value is -2.21. The van der Waals surface area contributed by atoms with Gasteiger partial charge in [0.2, 0.25) is 0 Å². The van der Waals surface area contributed by atoms with Gasteiger partial charge in [-0.25, -0.2) is 9.78 Å². The summed E-state index contributed by atoms with van der Waals surface area (Å²) in [5.74, 6) is -0.804. The molecule has 6 heteroatoms. The van der Waals surface area contributed by atoms with Crippen LogP contribution in [0.1, 0.15) is 45.7 Å². The molecule has 0 saturated carbocycles. The molecule has 132 valence electrons. The lowest BCUT2D eigenvalue weighted by atomic mass is 9.92. The molecule has 2 atom stereocenters. The number of carboxylic acid groups (broad SMARTS) is 1. The summed E-state index contributed by atoms with van der Waals surface area (Å²) in [5.41, 5.74) is 1.83. The van der Waals surface area contributed by atoms with Crippen LogP contribution >= 0.6 is 11.3 Å². The number of carboxylic acids is 1. The van der Waals surface area contributed by atoms with Gasteiger partial charge in [-0.2, -0.15) is 0 Å². The molecular weight excluding hydrogens is 336 g/mol. The molecule has 1 aliphatic rings. The Morgan fingerprint density at radius 3 is 2.72 bits per heavy atom. The summed E-state index contributed by atoms with van der Waals surface area (Å²) < 4.78 is 0. The normalized spacial score (nSPS) is 20.5. The average molecular weight is 358 g/mol. The van der Waals surface area contributed by atoms with Crippen molar-refractivity contribution in [2.24, 2.45) is 5.92 Å². The predicted octanol–water partition coefficient (Wildman–Crippen LogP) is 3.37. The third kappa shape index (κ3) is 3.90. The number of nitrogens with zero attached hydrogens (tertiary/aromatic N) is 2. The lowest BCUT2D eigenvalue weighted by molar-refractivity contribution is -0.144. The highest BCUT2D eigenvalue weighted by Gasteiger charge is 2.36. The number of likely N-dealkylation sites (tertiary alicyclic amines) is 1. The Morgan fingerprint density at radius 1 is 1.32 bits per heavy atom. The highest BCUT2D eigenvalue weighted by molar-refractivity contribution is 7.13. The number of piperidine rings is 1. The lowest BCUT2D eigenvalue weighted by Crippen LogP contribution is -2.49. The smallest absolute Gasteiger partial charge is 0.326 e. The standard InChI is InChI=1S/C19H22N2O3S/c1-12-8-9-21(15(10-12)19(23)24)18(22)17-13(2)20-16(25-17)11-14-6-4-3-5-7-14/h3-7,12,15H,8-11H2,1-2H3,(H,23,24). The molecule has 3 rings (SSSR count). The minimum Gasteiger partial charge on any atom is -0.480 e. The number of benzene rings is 1. The Bertz CT molecular complexity index is 772. The van der Waals surface area contributed by atoms with Crippen molar-refractivity contribution in [1.29, 1.82) is 0 Å². The van der Waals surface area contributed by atoms with E-state index in [1.165, 1.54) is 16.2 Å². The van der Waals surface area contributed by atoms with E-state index < -0.39 is 12.0 Å². The van der Waals surface area contributed by atoms with Crippen LogP contribution in [0.25, 0.3) is 0 Å². The zero-order valence-corrected chi connectivity index (χ0v) is 15.3. The topological polar surface area (TPSA) is 70.5 Å². The Balaban J connectivity index is 1.81. The number of amides is 1. The molecule has 25 heavy (non-hydrogen) atoms. The molecule has 5 nitrogen and oxygen atoms in total. The SMILES string of the molecule is Cc1nc(Cc2ccccc2)sc1C(=O)N1CCC(C)CC1C(=O)O. The fourth-order valence-corrected chi connectivity index (χ4v) is 4.30. The van der Waals surface area contributed by atoms with Gasteiger partial charge < -0.3 is 10.0 Å². The molecule has 1 aromatic carbocycles. The summed E-state index contributed by atoms with van der Waals surface area (Å²) in [7, 11) is 0. The molecule has 2 unspecified atom stereocenters. The number of rotatable bonds is 4. The molecule has 1 amide bonds. The predicted molar refractivity (Wildman–Crippen MR) is 97.0 cm³/mol. The van der Waals surface area contributed by atoms with Crippen LogP contribution in [0.4, 0.5) is 0 Å². The summed E-state index contributed by atoms with van der Waals surface area (Å²) >= 11 is 1.38. The Morgan fingerprint density at radius 2 is 2.04 bits per heavy atom. The van der Waals surface area contributed by atoms with Gasteiger partial charge >= 0.3 is 5.97 Å². The number of carbonyl (C=O) groups excluding carboxylic acids is 1. The van der Waals surface area contributed by atoms with Crippen molar-refractivity contribution >= 4 is 23.2 Å². The van der Waals surface area contributed by atoms with E-state index in [0.717, 1.165) is 17.0 Å². The van der Waals surface area contributed by atoms with Gasteiger partial charge in [0.05, 0.1) is 10.7 Å². The monoisotopic (exact) mass is 358 g/mol. The fraction of sp³-hybridized carbons (Fsp3) is 0.421. The molecule has 0 radical (unpaired) electrons. The largest absolute Gasteiger partial charge is 0.480 e. The van der Waals surface area contributed by atoms with Crippen molar-refractivity contribution in [3.8, 4) is 0 Å². The first-order valence-electron chi connectivity index (χ1n) is 8.49. The number of aryl methyl sites for hydroxylation is 1. The molecule has 1 N–H and O–H groups in total. The van der Waals surface area contributed by atoms with E-state index in [2.05, 4.69) is 4.98 Å². The van der Waals surface area contributed by atoms with Gasteiger partial charge in [-0.3, -0.25) is 4.79 Å². The van der Waals surface area contributed by atoms with E-state index in [9.17, 15) is 14.7 Å². The van der Waals surface area contributed by atoms with Crippen LogP contribution < -0.4 is 0 Å². The Kier molecular flexibility index (Phi) is 5.18. The number of hydrogen-bond donors (Lipinski definition) is 1. The molecule has 0 aliphatic carbocycles. The van der Waals surface area contributed by atoms with Gasteiger partial charge in [0.15, 0.2) is 0 Å². The summed E-state index contributed by atoms with van der Waals surface area (Å²) in [6.45, 7) is 4.34. The van der Waals surface area contributed by atoms with Gasteiger partial charge in [0.25, 0.3) is 5.91 Å². The second-order valence-corrected chi connectivity index (χ2v) is 7.75. The maximum atomic E-state index is 12.9.